The minimum absolute atomic E-state index is 0.0337. The number of primary amides is 1. The van der Waals surface area contributed by atoms with Gasteiger partial charge in [0, 0.05) is 18.5 Å². The molecule has 7 heteroatoms. The van der Waals surface area contributed by atoms with E-state index in [2.05, 4.69) is 10.6 Å². The summed E-state index contributed by atoms with van der Waals surface area (Å²) in [5.74, 6) is -1.91. The lowest BCUT2D eigenvalue weighted by Crippen LogP contribution is -2.50. The highest BCUT2D eigenvalue weighted by atomic mass is 16.4. The summed E-state index contributed by atoms with van der Waals surface area (Å²) in [7, 11) is 0. The molecule has 0 spiro atoms. The summed E-state index contributed by atoms with van der Waals surface area (Å²) in [6.07, 6.45) is 0.380. The van der Waals surface area contributed by atoms with Crippen LogP contribution >= 0.6 is 0 Å². The molecule has 0 aliphatic rings. The molecule has 0 aromatic carbocycles. The molecule has 0 saturated heterocycles. The van der Waals surface area contributed by atoms with Gasteiger partial charge in [-0.3, -0.25) is 9.59 Å². The Labute approximate surface area is 106 Å². The molecule has 0 aromatic heterocycles. The van der Waals surface area contributed by atoms with Crippen LogP contribution in [-0.2, 0) is 9.59 Å². The van der Waals surface area contributed by atoms with E-state index in [1.54, 1.807) is 20.8 Å². The van der Waals surface area contributed by atoms with Crippen molar-refractivity contribution < 1.29 is 19.5 Å². The molecule has 0 aliphatic heterocycles. The molecule has 5 N–H and O–H groups in total. The van der Waals surface area contributed by atoms with Crippen molar-refractivity contribution in [3.63, 3.8) is 0 Å². The average Bonchev–Trinajstić information content (AvgIpc) is 2.13. The van der Waals surface area contributed by atoms with Crippen LogP contribution in [0.15, 0.2) is 0 Å². The van der Waals surface area contributed by atoms with Gasteiger partial charge in [0.1, 0.15) is 0 Å². The standard InChI is InChI=1S/C11H21N3O4/c1-7(9(16)17)4-5-13-10(18)14-11(2,3)6-8(12)15/h7H,4-6H2,1-3H3,(H2,12,15)(H,16,17)(H2,13,14,18). The van der Waals surface area contributed by atoms with E-state index < -0.39 is 29.4 Å². The number of rotatable bonds is 7. The first-order valence-electron chi connectivity index (χ1n) is 5.71. The van der Waals surface area contributed by atoms with E-state index in [4.69, 9.17) is 10.8 Å². The van der Waals surface area contributed by atoms with Crippen molar-refractivity contribution in [3.8, 4) is 0 Å². The maximum Gasteiger partial charge on any atom is 0.315 e. The SMILES string of the molecule is CC(CCNC(=O)NC(C)(C)CC(N)=O)C(=O)O. The molecule has 7 nitrogen and oxygen atoms in total. The van der Waals surface area contributed by atoms with Gasteiger partial charge in [-0.25, -0.2) is 4.79 Å². The molecule has 1 unspecified atom stereocenters. The minimum atomic E-state index is -0.897. The number of carboxylic acids is 1. The fraction of sp³-hybridized carbons (Fsp3) is 0.727. The Hall–Kier alpha value is -1.79. The molecule has 0 bridgehead atoms. The summed E-state index contributed by atoms with van der Waals surface area (Å²) in [6, 6.07) is -0.446. The summed E-state index contributed by atoms with van der Waals surface area (Å²) in [4.78, 5) is 32.8. The molecule has 0 saturated carbocycles. The van der Waals surface area contributed by atoms with E-state index in [1.807, 2.05) is 0 Å². The lowest BCUT2D eigenvalue weighted by atomic mass is 10.0. The summed E-state index contributed by atoms with van der Waals surface area (Å²) in [5, 5.41) is 13.8. The molecule has 0 rings (SSSR count). The Balaban J connectivity index is 3.97. The number of hydrogen-bond acceptors (Lipinski definition) is 3. The van der Waals surface area contributed by atoms with Gasteiger partial charge >= 0.3 is 12.0 Å². The third-order valence-corrected chi connectivity index (χ3v) is 2.35. The largest absolute Gasteiger partial charge is 0.481 e. The van der Waals surface area contributed by atoms with Gasteiger partial charge in [-0.15, -0.1) is 0 Å². The van der Waals surface area contributed by atoms with Gasteiger partial charge in [0.2, 0.25) is 5.91 Å². The molecule has 1 atom stereocenters. The highest BCUT2D eigenvalue weighted by Crippen LogP contribution is 2.07. The zero-order valence-corrected chi connectivity index (χ0v) is 10.9. The maximum absolute atomic E-state index is 11.5. The fourth-order valence-electron chi connectivity index (χ4n) is 1.36. The molecule has 104 valence electrons. The van der Waals surface area contributed by atoms with Crippen molar-refractivity contribution in [1.82, 2.24) is 10.6 Å². The minimum Gasteiger partial charge on any atom is -0.481 e. The highest BCUT2D eigenvalue weighted by molar-refractivity contribution is 5.78. The summed E-state index contributed by atoms with van der Waals surface area (Å²) in [5.41, 5.74) is 4.32. The number of amides is 3. The number of nitrogens with one attached hydrogen (secondary N) is 2. The number of nitrogens with two attached hydrogens (primary N) is 1. The molecule has 0 heterocycles. The van der Waals surface area contributed by atoms with E-state index >= 15 is 0 Å². The van der Waals surface area contributed by atoms with Gasteiger partial charge in [0.15, 0.2) is 0 Å². The molecular formula is C11H21N3O4. The van der Waals surface area contributed by atoms with Crippen LogP contribution < -0.4 is 16.4 Å². The van der Waals surface area contributed by atoms with Gasteiger partial charge in [0.25, 0.3) is 0 Å². The predicted octanol–water partition coefficient (Wildman–Crippen LogP) is 0.0504. The maximum atomic E-state index is 11.5. The Kier molecular flexibility index (Phi) is 6.15. The number of urea groups is 1. The molecule has 18 heavy (non-hydrogen) atoms. The Morgan fingerprint density at radius 1 is 1.33 bits per heavy atom. The molecular weight excluding hydrogens is 238 g/mol. The van der Waals surface area contributed by atoms with Gasteiger partial charge < -0.3 is 21.5 Å². The van der Waals surface area contributed by atoms with E-state index in [9.17, 15) is 14.4 Å². The lowest BCUT2D eigenvalue weighted by molar-refractivity contribution is -0.141. The summed E-state index contributed by atoms with van der Waals surface area (Å²) < 4.78 is 0. The first-order chi connectivity index (χ1) is 8.14. The van der Waals surface area contributed by atoms with Crippen LogP contribution in [-0.4, -0.2) is 35.1 Å². The van der Waals surface area contributed by atoms with Crippen LogP contribution in [0.2, 0.25) is 0 Å². The molecule has 0 radical (unpaired) electrons. The highest BCUT2D eigenvalue weighted by Gasteiger charge is 2.22. The van der Waals surface area contributed by atoms with Gasteiger partial charge in [-0.2, -0.15) is 0 Å². The number of aliphatic carboxylic acids is 1. The van der Waals surface area contributed by atoms with Gasteiger partial charge in [-0.1, -0.05) is 6.92 Å². The molecule has 0 aromatic rings. The van der Waals surface area contributed by atoms with Gasteiger partial charge in [0.05, 0.1) is 5.92 Å². The first kappa shape index (κ1) is 16.2. The number of carbonyl (C=O) groups excluding carboxylic acids is 2. The van der Waals surface area contributed by atoms with E-state index in [-0.39, 0.29) is 13.0 Å². The summed E-state index contributed by atoms with van der Waals surface area (Å²) >= 11 is 0. The number of hydrogen-bond donors (Lipinski definition) is 4. The quantitative estimate of drug-likeness (QED) is 0.516. The molecule has 3 amide bonds. The van der Waals surface area contributed by atoms with Crippen LogP contribution in [0.5, 0.6) is 0 Å². The van der Waals surface area contributed by atoms with Crippen molar-refractivity contribution in [2.75, 3.05) is 6.54 Å². The monoisotopic (exact) mass is 259 g/mol. The first-order valence-corrected chi connectivity index (χ1v) is 5.71. The number of carboxylic acid groups (broad SMARTS) is 1. The van der Waals surface area contributed by atoms with Crippen molar-refractivity contribution in [2.45, 2.75) is 39.2 Å². The second-order valence-corrected chi connectivity index (χ2v) is 4.94. The van der Waals surface area contributed by atoms with Gasteiger partial charge in [-0.05, 0) is 20.3 Å². The Bertz CT molecular complexity index is 328. The Morgan fingerprint density at radius 3 is 2.33 bits per heavy atom. The van der Waals surface area contributed by atoms with E-state index in [1.165, 1.54) is 0 Å². The third-order valence-electron chi connectivity index (χ3n) is 2.35. The zero-order chi connectivity index (χ0) is 14.3. The van der Waals surface area contributed by atoms with Crippen LogP contribution in [0.3, 0.4) is 0 Å². The van der Waals surface area contributed by atoms with Crippen LogP contribution in [0, 0.1) is 5.92 Å². The summed E-state index contributed by atoms with van der Waals surface area (Å²) in [6.45, 7) is 5.18. The fourth-order valence-corrected chi connectivity index (χ4v) is 1.36. The normalized spacial score (nSPS) is 12.6. The van der Waals surface area contributed by atoms with Crippen molar-refractivity contribution in [2.24, 2.45) is 11.7 Å². The molecule has 0 fully saturated rings. The molecule has 0 aliphatic carbocycles. The zero-order valence-electron chi connectivity index (χ0n) is 10.9. The third kappa shape index (κ3) is 7.48. The predicted molar refractivity (Wildman–Crippen MR) is 65.8 cm³/mol. The second-order valence-electron chi connectivity index (χ2n) is 4.94. The van der Waals surface area contributed by atoms with E-state index in [0.717, 1.165) is 0 Å². The average molecular weight is 259 g/mol. The second kappa shape index (κ2) is 6.83. The smallest absolute Gasteiger partial charge is 0.315 e. The van der Waals surface area contributed by atoms with Crippen molar-refractivity contribution in [3.05, 3.63) is 0 Å². The van der Waals surface area contributed by atoms with Crippen LogP contribution in [0.1, 0.15) is 33.6 Å². The van der Waals surface area contributed by atoms with Crippen LogP contribution in [0.25, 0.3) is 0 Å². The number of carbonyl (C=O) groups is 3. The van der Waals surface area contributed by atoms with E-state index in [0.29, 0.717) is 6.42 Å². The van der Waals surface area contributed by atoms with Crippen molar-refractivity contribution in [1.29, 1.82) is 0 Å². The van der Waals surface area contributed by atoms with Crippen molar-refractivity contribution >= 4 is 17.9 Å². The lowest BCUT2D eigenvalue weighted by Gasteiger charge is -2.24. The Morgan fingerprint density at radius 2 is 1.89 bits per heavy atom. The topological polar surface area (TPSA) is 122 Å². The van der Waals surface area contributed by atoms with Crippen LogP contribution in [0.4, 0.5) is 4.79 Å².